The van der Waals surface area contributed by atoms with Crippen molar-refractivity contribution in [3.05, 3.63) is 29.7 Å². The molecule has 5 nitrogen and oxygen atoms in total. The van der Waals surface area contributed by atoms with Crippen LogP contribution in [0.2, 0.25) is 0 Å². The minimum absolute atomic E-state index is 0.211. The third-order valence-corrected chi connectivity index (χ3v) is 2.70. The van der Waals surface area contributed by atoms with Crippen molar-refractivity contribution in [3.8, 4) is 0 Å². The van der Waals surface area contributed by atoms with Crippen molar-refractivity contribution in [2.45, 2.75) is 19.9 Å². The second-order valence-corrected chi connectivity index (χ2v) is 4.11. The van der Waals surface area contributed by atoms with Gasteiger partial charge in [-0.05, 0) is 13.8 Å². The monoisotopic (exact) mass is 219 g/mol. The molecule has 2 aromatic rings. The summed E-state index contributed by atoms with van der Waals surface area (Å²) in [5.41, 5.74) is 2.30. The molecule has 86 valence electrons. The molecule has 0 radical (unpaired) electrons. The summed E-state index contributed by atoms with van der Waals surface area (Å²) in [7, 11) is 3.86. The number of aromatic nitrogens is 4. The molecule has 0 spiro atoms. The van der Waals surface area contributed by atoms with Crippen LogP contribution in [0.1, 0.15) is 24.2 Å². The molecule has 2 rings (SSSR count). The summed E-state index contributed by atoms with van der Waals surface area (Å²) in [5.74, 6) is 0.899. The fourth-order valence-corrected chi connectivity index (χ4v) is 1.60. The van der Waals surface area contributed by atoms with E-state index in [1.807, 2.05) is 44.2 Å². The summed E-state index contributed by atoms with van der Waals surface area (Å²) in [6.07, 6.45) is 3.88. The highest BCUT2D eigenvalue weighted by Crippen LogP contribution is 2.17. The molecule has 0 aliphatic carbocycles. The number of anilines is 1. The molecule has 0 aliphatic rings. The van der Waals surface area contributed by atoms with Crippen LogP contribution in [0.15, 0.2) is 18.5 Å². The van der Waals surface area contributed by atoms with Gasteiger partial charge in [0.15, 0.2) is 0 Å². The molecule has 1 N–H and O–H groups in total. The van der Waals surface area contributed by atoms with Crippen molar-refractivity contribution < 1.29 is 0 Å². The van der Waals surface area contributed by atoms with E-state index in [-0.39, 0.29) is 6.04 Å². The number of nitrogens with zero attached hydrogens (tertiary/aromatic N) is 4. The highest BCUT2D eigenvalue weighted by atomic mass is 15.3. The van der Waals surface area contributed by atoms with E-state index >= 15 is 0 Å². The van der Waals surface area contributed by atoms with E-state index in [1.54, 1.807) is 4.68 Å². The van der Waals surface area contributed by atoms with Gasteiger partial charge < -0.3 is 5.32 Å². The molecule has 0 aromatic carbocycles. The molecule has 1 atom stereocenters. The Bertz CT molecular complexity index is 463. The van der Waals surface area contributed by atoms with E-state index in [4.69, 9.17) is 0 Å². The van der Waals surface area contributed by atoms with E-state index in [9.17, 15) is 0 Å². The van der Waals surface area contributed by atoms with Gasteiger partial charge in [0.1, 0.15) is 5.82 Å². The van der Waals surface area contributed by atoms with E-state index in [1.165, 1.54) is 0 Å². The summed E-state index contributed by atoms with van der Waals surface area (Å²) in [6, 6.07) is 2.25. The maximum atomic E-state index is 4.36. The summed E-state index contributed by atoms with van der Waals surface area (Å²) in [6.45, 7) is 4.13. The van der Waals surface area contributed by atoms with Crippen molar-refractivity contribution in [3.63, 3.8) is 0 Å². The molecular formula is C11H17N5. The van der Waals surface area contributed by atoms with Gasteiger partial charge in [0, 0.05) is 37.6 Å². The van der Waals surface area contributed by atoms with E-state index in [0.717, 1.165) is 17.1 Å². The number of rotatable bonds is 3. The second kappa shape index (κ2) is 4.00. The Morgan fingerprint density at radius 3 is 2.62 bits per heavy atom. The van der Waals surface area contributed by atoms with Crippen LogP contribution in [0, 0.1) is 6.92 Å². The Hall–Kier alpha value is -1.78. The SMILES string of the molecule is Cc1cc(NC(C)c2cnn(C)c2)nn1C. The molecule has 2 heterocycles. The maximum absolute atomic E-state index is 4.36. The Kier molecular flexibility index (Phi) is 2.68. The van der Waals surface area contributed by atoms with Gasteiger partial charge in [-0.25, -0.2) is 0 Å². The lowest BCUT2D eigenvalue weighted by Crippen LogP contribution is -2.06. The molecule has 5 heteroatoms. The summed E-state index contributed by atoms with van der Waals surface area (Å²) < 4.78 is 3.66. The first-order valence-corrected chi connectivity index (χ1v) is 5.32. The van der Waals surface area contributed by atoms with Crippen LogP contribution in [0.5, 0.6) is 0 Å². The molecule has 0 amide bonds. The van der Waals surface area contributed by atoms with Crippen molar-refractivity contribution in [1.82, 2.24) is 19.6 Å². The standard InChI is InChI=1S/C11H17N5/c1-8-5-11(14-16(8)4)13-9(2)10-6-12-15(3)7-10/h5-7,9H,1-4H3,(H,13,14). The quantitative estimate of drug-likeness (QED) is 0.853. The van der Waals surface area contributed by atoms with Gasteiger partial charge in [-0.15, -0.1) is 0 Å². The fourth-order valence-electron chi connectivity index (χ4n) is 1.60. The second-order valence-electron chi connectivity index (χ2n) is 4.11. The Morgan fingerprint density at radius 1 is 1.38 bits per heavy atom. The van der Waals surface area contributed by atoms with Gasteiger partial charge in [-0.2, -0.15) is 10.2 Å². The van der Waals surface area contributed by atoms with E-state index < -0.39 is 0 Å². The van der Waals surface area contributed by atoms with Crippen molar-refractivity contribution >= 4 is 5.82 Å². The lowest BCUT2D eigenvalue weighted by atomic mass is 10.2. The van der Waals surface area contributed by atoms with Gasteiger partial charge in [0.25, 0.3) is 0 Å². The van der Waals surface area contributed by atoms with Crippen LogP contribution in [0.25, 0.3) is 0 Å². The predicted molar refractivity (Wildman–Crippen MR) is 63.2 cm³/mol. The predicted octanol–water partition coefficient (Wildman–Crippen LogP) is 1.64. The first-order chi connectivity index (χ1) is 7.56. The van der Waals surface area contributed by atoms with E-state index in [2.05, 4.69) is 22.4 Å². The first-order valence-electron chi connectivity index (χ1n) is 5.32. The van der Waals surface area contributed by atoms with Crippen molar-refractivity contribution in [2.75, 3.05) is 5.32 Å². The summed E-state index contributed by atoms with van der Waals surface area (Å²) in [4.78, 5) is 0. The average Bonchev–Trinajstić information content (AvgIpc) is 2.75. The lowest BCUT2D eigenvalue weighted by Gasteiger charge is -2.10. The van der Waals surface area contributed by atoms with Crippen LogP contribution in [0.4, 0.5) is 5.82 Å². The highest BCUT2D eigenvalue weighted by Gasteiger charge is 2.09. The zero-order chi connectivity index (χ0) is 11.7. The molecule has 0 aliphatic heterocycles. The minimum Gasteiger partial charge on any atom is -0.362 e. The minimum atomic E-state index is 0.211. The van der Waals surface area contributed by atoms with Crippen LogP contribution >= 0.6 is 0 Å². The van der Waals surface area contributed by atoms with Gasteiger partial charge in [0.2, 0.25) is 0 Å². The normalized spacial score (nSPS) is 12.8. The third-order valence-electron chi connectivity index (χ3n) is 2.70. The number of hydrogen-bond acceptors (Lipinski definition) is 3. The first kappa shape index (κ1) is 10.7. The van der Waals surface area contributed by atoms with Crippen LogP contribution < -0.4 is 5.32 Å². The third kappa shape index (κ3) is 2.08. The molecule has 16 heavy (non-hydrogen) atoms. The lowest BCUT2D eigenvalue weighted by molar-refractivity contribution is 0.735. The van der Waals surface area contributed by atoms with E-state index in [0.29, 0.717) is 0 Å². The molecule has 0 saturated heterocycles. The molecule has 0 fully saturated rings. The molecule has 0 saturated carbocycles. The number of aryl methyl sites for hydroxylation is 3. The van der Waals surface area contributed by atoms with Gasteiger partial charge >= 0.3 is 0 Å². The molecule has 2 aromatic heterocycles. The largest absolute Gasteiger partial charge is 0.362 e. The topological polar surface area (TPSA) is 47.7 Å². The average molecular weight is 219 g/mol. The number of nitrogens with one attached hydrogen (secondary N) is 1. The number of hydrogen-bond donors (Lipinski definition) is 1. The molecular weight excluding hydrogens is 202 g/mol. The van der Waals surface area contributed by atoms with Gasteiger partial charge in [-0.1, -0.05) is 0 Å². The highest BCUT2D eigenvalue weighted by molar-refractivity contribution is 5.38. The van der Waals surface area contributed by atoms with Gasteiger partial charge in [0.05, 0.1) is 12.2 Å². The van der Waals surface area contributed by atoms with Crippen LogP contribution in [-0.4, -0.2) is 19.6 Å². The molecule has 1 unspecified atom stereocenters. The summed E-state index contributed by atoms with van der Waals surface area (Å²) in [5, 5.41) is 11.9. The Morgan fingerprint density at radius 2 is 2.12 bits per heavy atom. The zero-order valence-corrected chi connectivity index (χ0v) is 10.1. The van der Waals surface area contributed by atoms with Crippen molar-refractivity contribution in [1.29, 1.82) is 0 Å². The summed E-state index contributed by atoms with van der Waals surface area (Å²) >= 11 is 0. The smallest absolute Gasteiger partial charge is 0.148 e. The van der Waals surface area contributed by atoms with Gasteiger partial charge in [-0.3, -0.25) is 9.36 Å². The van der Waals surface area contributed by atoms with Crippen molar-refractivity contribution in [2.24, 2.45) is 14.1 Å². The Labute approximate surface area is 95.1 Å². The molecule has 0 bridgehead atoms. The Balaban J connectivity index is 2.10. The fraction of sp³-hybridized carbons (Fsp3) is 0.455. The maximum Gasteiger partial charge on any atom is 0.148 e. The van der Waals surface area contributed by atoms with Crippen LogP contribution in [0.3, 0.4) is 0 Å². The van der Waals surface area contributed by atoms with Crippen LogP contribution in [-0.2, 0) is 14.1 Å². The zero-order valence-electron chi connectivity index (χ0n) is 10.1.